The number of carbonyl (C=O) groups is 1. The molecule has 0 bridgehead atoms. The zero-order valence-corrected chi connectivity index (χ0v) is 10.5. The summed E-state index contributed by atoms with van der Waals surface area (Å²) in [5, 5.41) is 3.15. The van der Waals surface area contributed by atoms with Crippen molar-refractivity contribution >= 4 is 28.7 Å². The molecular formula is C13H9ClN4O. The van der Waals surface area contributed by atoms with Crippen LogP contribution in [0.25, 0.3) is 5.52 Å². The van der Waals surface area contributed by atoms with Crippen LogP contribution in [0.15, 0.2) is 49.2 Å². The van der Waals surface area contributed by atoms with Gasteiger partial charge in [-0.1, -0.05) is 11.6 Å². The molecule has 0 unspecified atom stereocenters. The third-order valence-corrected chi connectivity index (χ3v) is 2.91. The Bertz CT molecular complexity index is 736. The molecule has 19 heavy (non-hydrogen) atoms. The second-order valence-corrected chi connectivity index (χ2v) is 4.32. The SMILES string of the molecule is O=C(Nc1ccc(Cl)nc1)c1cccn2cncc12. The van der Waals surface area contributed by atoms with Gasteiger partial charge < -0.3 is 9.72 Å². The monoisotopic (exact) mass is 272 g/mol. The predicted molar refractivity (Wildman–Crippen MR) is 72.4 cm³/mol. The number of hydrogen-bond acceptors (Lipinski definition) is 3. The lowest BCUT2D eigenvalue weighted by molar-refractivity contribution is 0.102. The van der Waals surface area contributed by atoms with Crippen molar-refractivity contribution in [3.63, 3.8) is 0 Å². The number of nitrogens with one attached hydrogen (secondary N) is 1. The first-order chi connectivity index (χ1) is 9.24. The van der Waals surface area contributed by atoms with Crippen LogP contribution in [0.5, 0.6) is 0 Å². The molecule has 0 aliphatic heterocycles. The van der Waals surface area contributed by atoms with Crippen molar-refractivity contribution in [2.24, 2.45) is 0 Å². The second-order valence-electron chi connectivity index (χ2n) is 3.93. The number of rotatable bonds is 2. The molecule has 0 aliphatic carbocycles. The minimum atomic E-state index is -0.213. The molecule has 3 aromatic rings. The minimum Gasteiger partial charge on any atom is -0.321 e. The molecule has 0 atom stereocenters. The van der Waals surface area contributed by atoms with E-state index in [0.717, 1.165) is 5.52 Å². The molecule has 0 saturated carbocycles. The summed E-state index contributed by atoms with van der Waals surface area (Å²) in [5.74, 6) is -0.213. The van der Waals surface area contributed by atoms with Crippen LogP contribution in [-0.4, -0.2) is 20.3 Å². The Kier molecular flexibility index (Phi) is 2.89. The zero-order valence-electron chi connectivity index (χ0n) is 9.75. The predicted octanol–water partition coefficient (Wildman–Crippen LogP) is 2.64. The van der Waals surface area contributed by atoms with Crippen molar-refractivity contribution in [2.75, 3.05) is 5.32 Å². The summed E-state index contributed by atoms with van der Waals surface area (Å²) >= 11 is 5.69. The maximum Gasteiger partial charge on any atom is 0.257 e. The van der Waals surface area contributed by atoms with E-state index in [2.05, 4.69) is 15.3 Å². The van der Waals surface area contributed by atoms with Gasteiger partial charge in [0.15, 0.2) is 0 Å². The Morgan fingerprint density at radius 3 is 2.95 bits per heavy atom. The number of aromatic nitrogens is 3. The van der Waals surface area contributed by atoms with Gasteiger partial charge in [0.2, 0.25) is 0 Å². The highest BCUT2D eigenvalue weighted by molar-refractivity contribution is 6.29. The summed E-state index contributed by atoms with van der Waals surface area (Å²) in [6.07, 6.45) is 6.64. The minimum absolute atomic E-state index is 0.213. The number of anilines is 1. The van der Waals surface area contributed by atoms with Crippen molar-refractivity contribution in [2.45, 2.75) is 0 Å². The molecule has 3 aromatic heterocycles. The van der Waals surface area contributed by atoms with Crippen LogP contribution < -0.4 is 5.32 Å². The number of amides is 1. The van der Waals surface area contributed by atoms with Crippen molar-refractivity contribution in [1.82, 2.24) is 14.4 Å². The fraction of sp³-hybridized carbons (Fsp3) is 0. The van der Waals surface area contributed by atoms with E-state index in [4.69, 9.17) is 11.6 Å². The van der Waals surface area contributed by atoms with Gasteiger partial charge in [-0.2, -0.15) is 0 Å². The maximum absolute atomic E-state index is 12.2. The number of pyridine rings is 2. The summed E-state index contributed by atoms with van der Waals surface area (Å²) in [6.45, 7) is 0. The first-order valence-electron chi connectivity index (χ1n) is 5.57. The molecule has 5 nitrogen and oxygen atoms in total. The average Bonchev–Trinajstić information content (AvgIpc) is 2.89. The van der Waals surface area contributed by atoms with Gasteiger partial charge in [-0.3, -0.25) is 4.79 Å². The highest BCUT2D eigenvalue weighted by Gasteiger charge is 2.10. The molecule has 94 valence electrons. The van der Waals surface area contributed by atoms with Gasteiger partial charge in [0.1, 0.15) is 5.15 Å². The molecular weight excluding hydrogens is 264 g/mol. The fourth-order valence-corrected chi connectivity index (χ4v) is 1.90. The number of nitrogens with zero attached hydrogens (tertiary/aromatic N) is 3. The number of hydrogen-bond donors (Lipinski definition) is 1. The lowest BCUT2D eigenvalue weighted by Gasteiger charge is -2.06. The van der Waals surface area contributed by atoms with E-state index in [-0.39, 0.29) is 5.91 Å². The van der Waals surface area contributed by atoms with Gasteiger partial charge in [-0.25, -0.2) is 9.97 Å². The van der Waals surface area contributed by atoms with E-state index >= 15 is 0 Å². The standard InChI is InChI=1S/C13H9ClN4O/c14-12-4-3-9(6-16-12)17-13(19)10-2-1-5-18-8-15-7-11(10)18/h1-8H,(H,17,19). The molecule has 0 fully saturated rings. The highest BCUT2D eigenvalue weighted by Crippen LogP contribution is 2.14. The van der Waals surface area contributed by atoms with E-state index in [0.29, 0.717) is 16.4 Å². The lowest BCUT2D eigenvalue weighted by Crippen LogP contribution is -2.13. The summed E-state index contributed by atoms with van der Waals surface area (Å²) in [4.78, 5) is 20.1. The summed E-state index contributed by atoms with van der Waals surface area (Å²) in [5.41, 5.74) is 1.90. The van der Waals surface area contributed by atoms with E-state index < -0.39 is 0 Å². The Morgan fingerprint density at radius 2 is 2.16 bits per heavy atom. The van der Waals surface area contributed by atoms with Crippen molar-refractivity contribution in [3.05, 3.63) is 59.9 Å². The smallest absolute Gasteiger partial charge is 0.257 e. The van der Waals surface area contributed by atoms with Crippen LogP contribution in [0.4, 0.5) is 5.69 Å². The van der Waals surface area contributed by atoms with Gasteiger partial charge in [-0.05, 0) is 24.3 Å². The van der Waals surface area contributed by atoms with Gasteiger partial charge in [0, 0.05) is 6.20 Å². The van der Waals surface area contributed by atoms with E-state index in [9.17, 15) is 4.79 Å². The molecule has 3 heterocycles. The Hall–Kier alpha value is -2.40. The third kappa shape index (κ3) is 2.28. The quantitative estimate of drug-likeness (QED) is 0.730. The number of fused-ring (bicyclic) bond motifs is 1. The second kappa shape index (κ2) is 4.70. The van der Waals surface area contributed by atoms with E-state index in [1.54, 1.807) is 41.2 Å². The van der Waals surface area contributed by atoms with Crippen molar-refractivity contribution in [1.29, 1.82) is 0 Å². The van der Waals surface area contributed by atoms with Crippen LogP contribution in [-0.2, 0) is 0 Å². The van der Waals surface area contributed by atoms with E-state index in [1.165, 1.54) is 6.20 Å². The molecule has 0 aliphatic rings. The average molecular weight is 273 g/mol. The highest BCUT2D eigenvalue weighted by atomic mass is 35.5. The van der Waals surface area contributed by atoms with Crippen molar-refractivity contribution in [3.8, 4) is 0 Å². The van der Waals surface area contributed by atoms with Crippen LogP contribution in [0.2, 0.25) is 5.15 Å². The molecule has 0 spiro atoms. The zero-order chi connectivity index (χ0) is 13.2. The molecule has 1 N–H and O–H groups in total. The van der Waals surface area contributed by atoms with Gasteiger partial charge in [0.25, 0.3) is 5.91 Å². The summed E-state index contributed by atoms with van der Waals surface area (Å²) < 4.78 is 1.79. The Morgan fingerprint density at radius 1 is 1.26 bits per heavy atom. The molecule has 6 heteroatoms. The maximum atomic E-state index is 12.2. The topological polar surface area (TPSA) is 59.3 Å². The normalized spacial score (nSPS) is 10.6. The fourth-order valence-electron chi connectivity index (χ4n) is 1.79. The number of halogens is 1. The van der Waals surface area contributed by atoms with Crippen LogP contribution >= 0.6 is 11.6 Å². The Labute approximate surface area is 113 Å². The van der Waals surface area contributed by atoms with Gasteiger partial charge in [0.05, 0.1) is 35.5 Å². The van der Waals surface area contributed by atoms with Gasteiger partial charge in [-0.15, -0.1) is 0 Å². The first kappa shape index (κ1) is 11.7. The summed E-state index contributed by atoms with van der Waals surface area (Å²) in [6, 6.07) is 6.86. The van der Waals surface area contributed by atoms with Crippen LogP contribution in [0.1, 0.15) is 10.4 Å². The third-order valence-electron chi connectivity index (χ3n) is 2.68. The lowest BCUT2D eigenvalue weighted by atomic mass is 10.2. The van der Waals surface area contributed by atoms with Crippen LogP contribution in [0, 0.1) is 0 Å². The molecule has 0 saturated heterocycles. The number of carbonyl (C=O) groups excluding carboxylic acids is 1. The molecule has 0 radical (unpaired) electrons. The molecule has 3 rings (SSSR count). The molecule has 1 amide bonds. The first-order valence-corrected chi connectivity index (χ1v) is 5.95. The largest absolute Gasteiger partial charge is 0.321 e. The summed E-state index contributed by atoms with van der Waals surface area (Å²) in [7, 11) is 0. The van der Waals surface area contributed by atoms with E-state index in [1.807, 2.05) is 6.20 Å². The molecule has 0 aromatic carbocycles. The van der Waals surface area contributed by atoms with Crippen molar-refractivity contribution < 1.29 is 4.79 Å². The van der Waals surface area contributed by atoms with Gasteiger partial charge >= 0.3 is 0 Å². The number of imidazole rings is 1. The van der Waals surface area contributed by atoms with Crippen LogP contribution in [0.3, 0.4) is 0 Å². The Balaban J connectivity index is 1.92.